The number of para-hydroxylation sites is 1. The number of hydrogen-bond donors (Lipinski definition) is 2. The summed E-state index contributed by atoms with van der Waals surface area (Å²) in [6.07, 6.45) is 0.765. The maximum Gasteiger partial charge on any atom is 0.237 e. The van der Waals surface area contributed by atoms with Gasteiger partial charge in [-0.3, -0.25) is 14.5 Å². The third-order valence-corrected chi connectivity index (χ3v) is 5.54. The monoisotopic (exact) mass is 445 g/mol. The van der Waals surface area contributed by atoms with Crippen molar-refractivity contribution in [2.75, 3.05) is 33.9 Å². The number of amides is 2. The van der Waals surface area contributed by atoms with Gasteiger partial charge in [-0.2, -0.15) is 0 Å². The number of benzene rings is 2. The Kier molecular flexibility index (Phi) is 8.14. The molecule has 166 valence electrons. The number of halogens is 1. The lowest BCUT2D eigenvalue weighted by Crippen LogP contribution is -2.56. The minimum Gasteiger partial charge on any atom is -0.493 e. The molecule has 0 bridgehead atoms. The Morgan fingerprint density at radius 2 is 2.03 bits per heavy atom. The molecule has 2 N–H and O–H groups in total. The second kappa shape index (κ2) is 11.0. The summed E-state index contributed by atoms with van der Waals surface area (Å²) in [7, 11) is 3.18. The number of nitrogens with one attached hydrogen (secondary N) is 2. The number of rotatable bonds is 9. The van der Waals surface area contributed by atoms with Crippen molar-refractivity contribution < 1.29 is 19.1 Å². The summed E-state index contributed by atoms with van der Waals surface area (Å²) in [4.78, 5) is 27.1. The zero-order valence-corrected chi connectivity index (χ0v) is 18.6. The van der Waals surface area contributed by atoms with Crippen LogP contribution in [0.5, 0.6) is 11.5 Å². The zero-order valence-electron chi connectivity index (χ0n) is 17.8. The maximum absolute atomic E-state index is 12.5. The number of carbonyl (C=O) groups is 2. The molecule has 0 radical (unpaired) electrons. The van der Waals surface area contributed by atoms with Gasteiger partial charge in [0.25, 0.3) is 0 Å². The fraction of sp³-hybridized carbons (Fsp3) is 0.391. The highest BCUT2D eigenvalue weighted by Gasteiger charge is 2.32. The summed E-state index contributed by atoms with van der Waals surface area (Å²) in [5, 5.41) is 6.44. The molecule has 7 nitrogen and oxygen atoms in total. The van der Waals surface area contributed by atoms with E-state index in [9.17, 15) is 9.59 Å². The molecular formula is C23H28ClN3O4. The van der Waals surface area contributed by atoms with Crippen molar-refractivity contribution in [3.8, 4) is 11.5 Å². The Labute approximate surface area is 187 Å². The van der Waals surface area contributed by atoms with Gasteiger partial charge in [0, 0.05) is 36.8 Å². The van der Waals surface area contributed by atoms with E-state index >= 15 is 0 Å². The van der Waals surface area contributed by atoms with Crippen LogP contribution in [0, 0.1) is 0 Å². The molecular weight excluding hydrogens is 418 g/mol. The average molecular weight is 446 g/mol. The molecule has 2 aromatic rings. The lowest BCUT2D eigenvalue weighted by Gasteiger charge is -2.35. The first kappa shape index (κ1) is 22.9. The van der Waals surface area contributed by atoms with Crippen LogP contribution in [0.25, 0.3) is 0 Å². The van der Waals surface area contributed by atoms with Crippen molar-refractivity contribution in [2.24, 2.45) is 0 Å². The average Bonchev–Trinajstić information content (AvgIpc) is 2.76. The molecule has 0 unspecified atom stereocenters. The van der Waals surface area contributed by atoms with Gasteiger partial charge in [0.15, 0.2) is 11.5 Å². The summed E-state index contributed by atoms with van der Waals surface area (Å²) in [6, 6.07) is 12.7. The van der Waals surface area contributed by atoms with E-state index in [-0.39, 0.29) is 18.2 Å². The predicted molar refractivity (Wildman–Crippen MR) is 120 cm³/mol. The van der Waals surface area contributed by atoms with Gasteiger partial charge in [-0.05, 0) is 30.2 Å². The van der Waals surface area contributed by atoms with Crippen LogP contribution < -0.4 is 20.1 Å². The number of carbonyl (C=O) groups excluding carboxylic acids is 2. The molecule has 1 saturated heterocycles. The van der Waals surface area contributed by atoms with Crippen LogP contribution in [-0.4, -0.2) is 56.6 Å². The van der Waals surface area contributed by atoms with Gasteiger partial charge >= 0.3 is 0 Å². The molecule has 0 saturated carbocycles. The molecule has 2 aromatic carbocycles. The maximum atomic E-state index is 12.5. The first-order chi connectivity index (χ1) is 15.0. The molecule has 0 spiro atoms. The largest absolute Gasteiger partial charge is 0.493 e. The molecule has 1 atom stereocenters. The van der Waals surface area contributed by atoms with E-state index in [0.29, 0.717) is 49.1 Å². The summed E-state index contributed by atoms with van der Waals surface area (Å²) >= 11 is 6.00. The lowest BCUT2D eigenvalue weighted by atomic mass is 10.1. The molecule has 8 heteroatoms. The van der Waals surface area contributed by atoms with Crippen LogP contribution in [0.15, 0.2) is 42.5 Å². The van der Waals surface area contributed by atoms with E-state index in [4.69, 9.17) is 21.1 Å². The normalized spacial score (nSPS) is 16.5. The van der Waals surface area contributed by atoms with Crippen LogP contribution in [-0.2, 0) is 22.6 Å². The molecule has 3 rings (SSSR count). The van der Waals surface area contributed by atoms with Crippen molar-refractivity contribution in [3.63, 3.8) is 0 Å². The number of piperazine rings is 1. The van der Waals surface area contributed by atoms with Crippen LogP contribution in [0.4, 0.5) is 0 Å². The van der Waals surface area contributed by atoms with Crippen molar-refractivity contribution >= 4 is 23.4 Å². The van der Waals surface area contributed by atoms with E-state index in [2.05, 4.69) is 10.6 Å². The first-order valence-corrected chi connectivity index (χ1v) is 10.6. The molecule has 1 aliphatic rings. The second-order valence-electron chi connectivity index (χ2n) is 7.36. The van der Waals surface area contributed by atoms with Gasteiger partial charge in [0.1, 0.15) is 0 Å². The van der Waals surface area contributed by atoms with Crippen LogP contribution in [0.1, 0.15) is 17.5 Å². The molecule has 1 fully saturated rings. The smallest absolute Gasteiger partial charge is 0.237 e. The van der Waals surface area contributed by atoms with Crippen molar-refractivity contribution in [3.05, 3.63) is 58.6 Å². The number of methoxy groups -OCH3 is 2. The summed E-state index contributed by atoms with van der Waals surface area (Å²) in [6.45, 7) is 2.15. The molecule has 1 heterocycles. The number of nitrogens with zero attached hydrogens (tertiary/aromatic N) is 1. The van der Waals surface area contributed by atoms with Crippen molar-refractivity contribution in [1.29, 1.82) is 0 Å². The fourth-order valence-electron chi connectivity index (χ4n) is 3.76. The minimum absolute atomic E-state index is 0.0909. The quantitative estimate of drug-likeness (QED) is 0.619. The fourth-order valence-corrected chi connectivity index (χ4v) is 3.97. The Bertz CT molecular complexity index is 921. The van der Waals surface area contributed by atoms with Gasteiger partial charge in [0.2, 0.25) is 11.8 Å². The molecule has 0 aromatic heterocycles. The highest BCUT2D eigenvalue weighted by atomic mass is 35.5. The molecule has 31 heavy (non-hydrogen) atoms. The summed E-state index contributed by atoms with van der Waals surface area (Å²) in [5.74, 6) is 0.974. The minimum atomic E-state index is -0.546. The first-order valence-electron chi connectivity index (χ1n) is 10.2. The third-order valence-electron chi connectivity index (χ3n) is 5.30. The van der Waals surface area contributed by atoms with E-state index in [1.165, 1.54) is 0 Å². The SMILES string of the molecule is COc1cccc(CN2CCNC(=O)[C@H]2CC(=O)NCCc2cccc(Cl)c2)c1OC. The second-order valence-corrected chi connectivity index (χ2v) is 7.80. The molecule has 2 amide bonds. The van der Waals surface area contributed by atoms with Gasteiger partial charge in [-0.25, -0.2) is 0 Å². The van der Waals surface area contributed by atoms with Gasteiger partial charge in [-0.15, -0.1) is 0 Å². The van der Waals surface area contributed by atoms with Crippen LogP contribution >= 0.6 is 11.6 Å². The lowest BCUT2D eigenvalue weighted by molar-refractivity contribution is -0.134. The Hall–Kier alpha value is -2.77. The number of ether oxygens (including phenoxy) is 2. The van der Waals surface area contributed by atoms with Crippen LogP contribution in [0.2, 0.25) is 5.02 Å². The Morgan fingerprint density at radius 3 is 2.77 bits per heavy atom. The third kappa shape index (κ3) is 6.12. The predicted octanol–water partition coefficient (Wildman–Crippen LogP) is 2.41. The van der Waals surface area contributed by atoms with E-state index in [1.54, 1.807) is 14.2 Å². The standard InChI is InChI=1S/C23H28ClN3O4/c1-30-20-8-4-6-17(22(20)31-2)15-27-12-11-26-23(29)19(27)14-21(28)25-10-9-16-5-3-7-18(24)13-16/h3-8,13,19H,9-12,14-15H2,1-2H3,(H,25,28)(H,26,29)/t19-/m1/s1. The van der Waals surface area contributed by atoms with Gasteiger partial charge in [-0.1, -0.05) is 35.9 Å². The highest BCUT2D eigenvalue weighted by molar-refractivity contribution is 6.30. The Balaban J connectivity index is 1.61. The van der Waals surface area contributed by atoms with Gasteiger partial charge < -0.3 is 20.1 Å². The van der Waals surface area contributed by atoms with E-state index < -0.39 is 6.04 Å². The zero-order chi connectivity index (χ0) is 22.2. The number of hydrogen-bond acceptors (Lipinski definition) is 5. The molecule has 1 aliphatic heterocycles. The van der Waals surface area contributed by atoms with E-state index in [0.717, 1.165) is 11.1 Å². The highest BCUT2D eigenvalue weighted by Crippen LogP contribution is 2.32. The summed E-state index contributed by atoms with van der Waals surface area (Å²) < 4.78 is 10.9. The van der Waals surface area contributed by atoms with Crippen molar-refractivity contribution in [1.82, 2.24) is 15.5 Å². The Morgan fingerprint density at radius 1 is 1.23 bits per heavy atom. The summed E-state index contributed by atoms with van der Waals surface area (Å²) in [5.41, 5.74) is 1.96. The van der Waals surface area contributed by atoms with Gasteiger partial charge in [0.05, 0.1) is 26.7 Å². The van der Waals surface area contributed by atoms with Crippen LogP contribution in [0.3, 0.4) is 0 Å². The molecule has 0 aliphatic carbocycles. The topological polar surface area (TPSA) is 79.9 Å². The van der Waals surface area contributed by atoms with Crippen molar-refractivity contribution in [2.45, 2.75) is 25.4 Å². The van der Waals surface area contributed by atoms with E-state index in [1.807, 2.05) is 47.4 Å².